The van der Waals surface area contributed by atoms with Crippen molar-refractivity contribution in [3.05, 3.63) is 0 Å². The molecule has 0 aromatic carbocycles. The Morgan fingerprint density at radius 2 is 1.75 bits per heavy atom. The molecule has 1 fully saturated rings. The molecule has 0 nitrogen and oxygen atoms in total. The predicted molar refractivity (Wildman–Crippen MR) is 34.5 cm³/mol. The Morgan fingerprint density at radius 3 is 2.12 bits per heavy atom. The van der Waals surface area contributed by atoms with Crippen LogP contribution < -0.4 is 0 Å². The summed E-state index contributed by atoms with van der Waals surface area (Å²) in [5, 5.41) is 1.00. The van der Waals surface area contributed by atoms with E-state index in [4.69, 9.17) is 0 Å². The van der Waals surface area contributed by atoms with E-state index in [0.29, 0.717) is 0 Å². The Hall–Kier alpha value is 1.06. The molecule has 8 heavy (non-hydrogen) atoms. The second-order valence-corrected chi connectivity index (χ2v) is 4.38. The molecule has 1 aliphatic carbocycles. The van der Waals surface area contributed by atoms with Crippen LogP contribution in [0, 0.1) is 0 Å². The minimum absolute atomic E-state index is 1.00. The van der Waals surface area contributed by atoms with Gasteiger partial charge in [0.05, 0.1) is 0 Å². The van der Waals surface area contributed by atoms with Crippen molar-refractivity contribution in [2.24, 2.45) is 0 Å². The van der Waals surface area contributed by atoms with Gasteiger partial charge in [-0.15, -0.1) is 0 Å². The summed E-state index contributed by atoms with van der Waals surface area (Å²) in [5.41, 5.74) is 0. The Bertz CT molecular complexity index is 59.5. The average Bonchev–Trinajstić information content (AvgIpc) is 1.90. The van der Waals surface area contributed by atoms with E-state index in [1.54, 1.807) is 0 Å². The van der Waals surface area contributed by atoms with Crippen LogP contribution in [0.4, 0.5) is 0 Å². The molecule has 1 rings (SSSR count). The molecule has 2 heteroatoms. The summed E-state index contributed by atoms with van der Waals surface area (Å²) in [6, 6.07) is 0. The van der Waals surface area contributed by atoms with Crippen molar-refractivity contribution >= 4 is 9.35 Å². The van der Waals surface area contributed by atoms with E-state index in [0.717, 1.165) is 5.25 Å². The van der Waals surface area contributed by atoms with Crippen molar-refractivity contribution < 1.29 is 19.1 Å². The van der Waals surface area contributed by atoms with Gasteiger partial charge in [-0.2, -0.15) is 0 Å². The first kappa shape index (κ1) is 7.17. The molecule has 0 aliphatic heterocycles. The van der Waals surface area contributed by atoms with E-state index in [1.807, 2.05) is 9.35 Å². The Labute approximate surface area is 65.9 Å². The van der Waals surface area contributed by atoms with Gasteiger partial charge in [0.1, 0.15) is 0 Å². The molecule has 0 amide bonds. The molecule has 0 atom stereocenters. The van der Waals surface area contributed by atoms with Crippen LogP contribution >= 0.6 is 9.35 Å². The van der Waals surface area contributed by atoms with Crippen LogP contribution in [-0.4, -0.2) is 5.25 Å². The van der Waals surface area contributed by atoms with Gasteiger partial charge in [0.15, 0.2) is 0 Å². The van der Waals surface area contributed by atoms with Crippen molar-refractivity contribution in [2.75, 3.05) is 0 Å². The second-order valence-electron chi connectivity index (χ2n) is 2.38. The van der Waals surface area contributed by atoms with Crippen LogP contribution in [0.5, 0.6) is 0 Å². The summed E-state index contributed by atoms with van der Waals surface area (Å²) in [7, 11) is 2.05. The monoisotopic (exact) mass is 163 g/mol. The minimum atomic E-state index is 1.00. The van der Waals surface area contributed by atoms with Crippen molar-refractivity contribution in [3.63, 3.8) is 0 Å². The molecular formula is C6H11STi. The fraction of sp³-hybridized carbons (Fsp3) is 1.00. The molecule has 45 valence electrons. The zero-order valence-corrected chi connectivity index (χ0v) is 7.40. The van der Waals surface area contributed by atoms with Crippen LogP contribution in [0.3, 0.4) is 0 Å². The fourth-order valence-corrected chi connectivity index (χ4v) is 2.86. The first-order chi connectivity index (χ1) is 3.93. The molecular weight excluding hydrogens is 152 g/mol. The van der Waals surface area contributed by atoms with Gasteiger partial charge in [-0.3, -0.25) is 0 Å². The van der Waals surface area contributed by atoms with Crippen molar-refractivity contribution in [2.45, 2.75) is 37.4 Å². The number of hydrogen-bond acceptors (Lipinski definition) is 1. The van der Waals surface area contributed by atoms with Crippen molar-refractivity contribution in [1.82, 2.24) is 0 Å². The van der Waals surface area contributed by atoms with Crippen LogP contribution in [-0.2, 0) is 19.1 Å². The summed E-state index contributed by atoms with van der Waals surface area (Å²) >= 11 is 2.23. The normalized spacial score (nSPS) is 23.4. The van der Waals surface area contributed by atoms with Crippen LogP contribution in [0.1, 0.15) is 32.1 Å². The molecule has 0 unspecified atom stereocenters. The van der Waals surface area contributed by atoms with E-state index < -0.39 is 0 Å². The summed E-state index contributed by atoms with van der Waals surface area (Å²) < 4.78 is 0. The van der Waals surface area contributed by atoms with Gasteiger partial charge >= 0.3 is 65.8 Å². The molecule has 0 saturated heterocycles. The standard InChI is InChI=1S/C6H12S.Ti/c7-6-4-2-1-3-5-6;/h6-7H,1-5H2;/q;+1/p-1. The van der Waals surface area contributed by atoms with Crippen molar-refractivity contribution in [1.29, 1.82) is 0 Å². The summed E-state index contributed by atoms with van der Waals surface area (Å²) in [4.78, 5) is 0. The molecule has 0 heterocycles. The summed E-state index contributed by atoms with van der Waals surface area (Å²) in [5.74, 6) is 0. The van der Waals surface area contributed by atoms with Gasteiger partial charge < -0.3 is 0 Å². The maximum absolute atomic E-state index is 2.23. The first-order valence-electron chi connectivity index (χ1n) is 3.26. The maximum atomic E-state index is 2.23. The molecule has 0 aromatic rings. The zero-order chi connectivity index (χ0) is 5.82. The van der Waals surface area contributed by atoms with E-state index in [9.17, 15) is 0 Å². The predicted octanol–water partition coefficient (Wildman–Crippen LogP) is 2.51. The topological polar surface area (TPSA) is 0 Å². The summed E-state index contributed by atoms with van der Waals surface area (Å²) in [6.45, 7) is 0. The molecule has 0 radical (unpaired) electrons. The van der Waals surface area contributed by atoms with Gasteiger partial charge in [-0.25, -0.2) is 0 Å². The van der Waals surface area contributed by atoms with E-state index in [-0.39, 0.29) is 0 Å². The Balaban J connectivity index is 2.13. The van der Waals surface area contributed by atoms with E-state index in [2.05, 4.69) is 19.1 Å². The molecule has 0 aromatic heterocycles. The molecule has 1 aliphatic rings. The van der Waals surface area contributed by atoms with Crippen LogP contribution in [0.2, 0.25) is 0 Å². The fourth-order valence-electron chi connectivity index (χ4n) is 1.18. The van der Waals surface area contributed by atoms with Gasteiger partial charge in [0.25, 0.3) is 0 Å². The average molecular weight is 163 g/mol. The first-order valence-corrected chi connectivity index (χ1v) is 6.05. The van der Waals surface area contributed by atoms with E-state index in [1.165, 1.54) is 32.1 Å². The van der Waals surface area contributed by atoms with Gasteiger partial charge in [-0.1, -0.05) is 0 Å². The zero-order valence-electron chi connectivity index (χ0n) is 5.02. The van der Waals surface area contributed by atoms with Gasteiger partial charge in [-0.05, 0) is 0 Å². The molecule has 0 spiro atoms. The third-order valence-corrected chi connectivity index (χ3v) is 4.09. The van der Waals surface area contributed by atoms with Gasteiger partial charge in [0, 0.05) is 0 Å². The molecule has 0 N–H and O–H groups in total. The third kappa shape index (κ3) is 2.12. The SMILES string of the molecule is [Ti][S]C1CCCCC1. The number of rotatable bonds is 1. The Morgan fingerprint density at radius 1 is 1.12 bits per heavy atom. The van der Waals surface area contributed by atoms with E-state index >= 15 is 0 Å². The quantitative estimate of drug-likeness (QED) is 0.535. The Kier molecular flexibility index (Phi) is 3.56. The number of hydrogen-bond donors (Lipinski definition) is 0. The third-order valence-electron chi connectivity index (χ3n) is 1.72. The van der Waals surface area contributed by atoms with Crippen LogP contribution in [0.15, 0.2) is 0 Å². The van der Waals surface area contributed by atoms with Crippen molar-refractivity contribution in [3.8, 4) is 0 Å². The second kappa shape index (κ2) is 3.97. The van der Waals surface area contributed by atoms with Gasteiger partial charge in [0.2, 0.25) is 0 Å². The van der Waals surface area contributed by atoms with Crippen LogP contribution in [0.25, 0.3) is 0 Å². The molecule has 0 bridgehead atoms. The molecule has 1 saturated carbocycles. The summed E-state index contributed by atoms with van der Waals surface area (Å²) in [6.07, 6.45) is 7.39.